The largest absolute Gasteiger partial charge is 0.341 e. The van der Waals surface area contributed by atoms with Crippen LogP contribution in [0.3, 0.4) is 0 Å². The van der Waals surface area contributed by atoms with Crippen LogP contribution in [0.15, 0.2) is 6.20 Å². The number of carbonyl (C=O) groups excluding carboxylic acids is 1. The second-order valence-electron chi connectivity index (χ2n) is 6.51. The molecule has 5 heteroatoms. The van der Waals surface area contributed by atoms with Gasteiger partial charge in [-0.05, 0) is 39.3 Å². The van der Waals surface area contributed by atoms with Crippen molar-refractivity contribution >= 4 is 5.91 Å². The lowest BCUT2D eigenvalue weighted by molar-refractivity contribution is -0.131. The summed E-state index contributed by atoms with van der Waals surface area (Å²) in [6, 6.07) is 0. The highest BCUT2D eigenvalue weighted by Crippen LogP contribution is 2.26. The van der Waals surface area contributed by atoms with Gasteiger partial charge in [0.15, 0.2) is 0 Å². The molecule has 1 aromatic rings. The molecule has 2 fully saturated rings. The van der Waals surface area contributed by atoms with Crippen LogP contribution in [0.1, 0.15) is 43.1 Å². The quantitative estimate of drug-likeness (QED) is 0.848. The minimum atomic E-state index is 0.297. The lowest BCUT2D eigenvalue weighted by Crippen LogP contribution is -2.41. The van der Waals surface area contributed by atoms with Gasteiger partial charge in [-0.15, -0.1) is 0 Å². The van der Waals surface area contributed by atoms with Crippen molar-refractivity contribution in [2.75, 3.05) is 32.7 Å². The third-order valence-electron chi connectivity index (χ3n) is 4.75. The van der Waals surface area contributed by atoms with Crippen LogP contribution >= 0.6 is 0 Å². The number of imidazole rings is 1. The molecule has 0 spiro atoms. The van der Waals surface area contributed by atoms with Gasteiger partial charge in [-0.3, -0.25) is 9.69 Å². The van der Waals surface area contributed by atoms with Crippen LogP contribution < -0.4 is 0 Å². The summed E-state index contributed by atoms with van der Waals surface area (Å²) in [5, 5.41) is 0. The topological polar surface area (TPSA) is 41.4 Å². The number of carbonyl (C=O) groups is 1. The van der Waals surface area contributed by atoms with Gasteiger partial charge in [0.05, 0.1) is 12.2 Å². The molecule has 5 nitrogen and oxygen atoms in total. The van der Waals surface area contributed by atoms with Crippen LogP contribution in [-0.2, 0) is 11.8 Å². The predicted octanol–water partition coefficient (Wildman–Crippen LogP) is 1.53. The molecule has 0 radical (unpaired) electrons. The van der Waals surface area contributed by atoms with E-state index in [4.69, 9.17) is 0 Å². The highest BCUT2D eigenvalue weighted by molar-refractivity contribution is 5.78. The molecule has 1 amide bonds. The Labute approximate surface area is 126 Å². The molecular formula is C16H26N4O. The van der Waals surface area contributed by atoms with E-state index in [-0.39, 0.29) is 0 Å². The Kier molecular flexibility index (Phi) is 4.29. The van der Waals surface area contributed by atoms with Crippen molar-refractivity contribution in [1.82, 2.24) is 19.4 Å². The van der Waals surface area contributed by atoms with Gasteiger partial charge in [0.25, 0.3) is 0 Å². The van der Waals surface area contributed by atoms with E-state index in [1.165, 1.54) is 19.3 Å². The normalized spacial score (nSPS) is 23.7. The maximum atomic E-state index is 12.4. The van der Waals surface area contributed by atoms with Crippen molar-refractivity contribution in [3.05, 3.63) is 17.7 Å². The first kappa shape index (κ1) is 14.6. The van der Waals surface area contributed by atoms with Gasteiger partial charge in [-0.1, -0.05) is 6.42 Å². The molecule has 3 heterocycles. The molecule has 21 heavy (non-hydrogen) atoms. The van der Waals surface area contributed by atoms with E-state index in [0.29, 0.717) is 18.4 Å². The van der Waals surface area contributed by atoms with E-state index in [9.17, 15) is 4.79 Å². The lowest BCUT2D eigenvalue weighted by atomic mass is 10.1. The highest BCUT2D eigenvalue weighted by Gasteiger charge is 2.30. The molecule has 2 saturated heterocycles. The molecule has 2 aliphatic heterocycles. The van der Waals surface area contributed by atoms with Gasteiger partial charge in [-0.25, -0.2) is 4.98 Å². The van der Waals surface area contributed by atoms with Crippen molar-refractivity contribution in [3.8, 4) is 0 Å². The Hall–Kier alpha value is -1.36. The number of aromatic nitrogens is 2. The number of hydrogen-bond acceptors (Lipinski definition) is 3. The molecule has 0 aromatic carbocycles. The van der Waals surface area contributed by atoms with Crippen LogP contribution in [0.4, 0.5) is 0 Å². The van der Waals surface area contributed by atoms with E-state index in [2.05, 4.69) is 20.6 Å². The summed E-state index contributed by atoms with van der Waals surface area (Å²) in [6.45, 7) is 6.51. The average molecular weight is 290 g/mol. The molecule has 0 bridgehead atoms. The summed E-state index contributed by atoms with van der Waals surface area (Å²) in [7, 11) is 2.05. The van der Waals surface area contributed by atoms with Crippen molar-refractivity contribution < 1.29 is 4.79 Å². The van der Waals surface area contributed by atoms with E-state index >= 15 is 0 Å². The Morgan fingerprint density at radius 1 is 1.29 bits per heavy atom. The Bertz CT molecular complexity index is 504. The number of amides is 1. The summed E-state index contributed by atoms with van der Waals surface area (Å²) < 4.78 is 2.11. The number of hydrogen-bond donors (Lipinski definition) is 0. The van der Waals surface area contributed by atoms with Crippen molar-refractivity contribution in [1.29, 1.82) is 0 Å². The van der Waals surface area contributed by atoms with Gasteiger partial charge in [0, 0.05) is 32.3 Å². The first-order chi connectivity index (χ1) is 10.1. The first-order valence-electron chi connectivity index (χ1n) is 8.13. The third-order valence-corrected chi connectivity index (χ3v) is 4.75. The number of rotatable bonds is 3. The van der Waals surface area contributed by atoms with Crippen LogP contribution in [0.2, 0.25) is 0 Å². The Balaban J connectivity index is 1.56. The molecule has 1 aromatic heterocycles. The van der Waals surface area contributed by atoms with Crippen molar-refractivity contribution in [2.24, 2.45) is 7.05 Å². The fourth-order valence-corrected chi connectivity index (χ4v) is 3.62. The zero-order valence-electron chi connectivity index (χ0n) is 13.2. The maximum Gasteiger partial charge on any atom is 0.236 e. The number of likely N-dealkylation sites (tertiary alicyclic amines) is 2. The van der Waals surface area contributed by atoms with E-state index < -0.39 is 0 Å². The average Bonchev–Trinajstić information content (AvgIpc) is 3.06. The smallest absolute Gasteiger partial charge is 0.236 e. The summed E-state index contributed by atoms with van der Waals surface area (Å²) in [4.78, 5) is 21.4. The summed E-state index contributed by atoms with van der Waals surface area (Å²) in [5.74, 6) is 1.82. The fraction of sp³-hybridized carbons (Fsp3) is 0.750. The van der Waals surface area contributed by atoms with Gasteiger partial charge in [0.1, 0.15) is 5.82 Å². The van der Waals surface area contributed by atoms with Crippen LogP contribution in [0.5, 0.6) is 0 Å². The summed E-state index contributed by atoms with van der Waals surface area (Å²) >= 11 is 0. The second kappa shape index (κ2) is 6.18. The highest BCUT2D eigenvalue weighted by atomic mass is 16.2. The number of nitrogens with zero attached hydrogens (tertiary/aromatic N) is 4. The SMILES string of the molecule is Cc1cn(C)c([C@@H]2CCN(C(=O)CN3CCCCC3)C2)n1. The van der Waals surface area contributed by atoms with E-state index in [1.54, 1.807) is 0 Å². The van der Waals surface area contributed by atoms with Crippen LogP contribution in [-0.4, -0.2) is 58.0 Å². The minimum absolute atomic E-state index is 0.297. The number of piperidine rings is 1. The maximum absolute atomic E-state index is 12.4. The summed E-state index contributed by atoms with van der Waals surface area (Å²) in [5.41, 5.74) is 1.06. The van der Waals surface area contributed by atoms with Gasteiger partial charge < -0.3 is 9.47 Å². The standard InChI is InChI=1S/C16H26N4O/c1-13-10-18(2)16(17-13)14-6-9-20(11-14)15(21)12-19-7-4-3-5-8-19/h10,14H,3-9,11-12H2,1-2H3/t14-/m1/s1. The van der Waals surface area contributed by atoms with Gasteiger partial charge in [0.2, 0.25) is 5.91 Å². The molecule has 3 rings (SSSR count). The molecule has 0 N–H and O–H groups in total. The molecule has 0 unspecified atom stereocenters. The predicted molar refractivity (Wildman–Crippen MR) is 82.2 cm³/mol. The summed E-state index contributed by atoms with van der Waals surface area (Å²) in [6.07, 6.45) is 6.89. The fourth-order valence-electron chi connectivity index (χ4n) is 3.62. The Morgan fingerprint density at radius 3 is 2.71 bits per heavy atom. The molecule has 2 aliphatic rings. The Morgan fingerprint density at radius 2 is 2.05 bits per heavy atom. The molecular weight excluding hydrogens is 264 g/mol. The monoisotopic (exact) mass is 290 g/mol. The lowest BCUT2D eigenvalue weighted by Gasteiger charge is -2.27. The number of aryl methyl sites for hydroxylation is 2. The van der Waals surface area contributed by atoms with E-state index in [1.807, 2.05) is 18.9 Å². The third kappa shape index (κ3) is 3.28. The first-order valence-corrected chi connectivity index (χ1v) is 8.13. The zero-order valence-corrected chi connectivity index (χ0v) is 13.2. The van der Waals surface area contributed by atoms with E-state index in [0.717, 1.165) is 44.1 Å². The van der Waals surface area contributed by atoms with Gasteiger partial charge in [-0.2, -0.15) is 0 Å². The molecule has 0 aliphatic carbocycles. The second-order valence-corrected chi connectivity index (χ2v) is 6.51. The zero-order chi connectivity index (χ0) is 14.8. The minimum Gasteiger partial charge on any atom is -0.341 e. The molecule has 0 saturated carbocycles. The van der Waals surface area contributed by atoms with Crippen LogP contribution in [0.25, 0.3) is 0 Å². The van der Waals surface area contributed by atoms with Crippen LogP contribution in [0, 0.1) is 6.92 Å². The van der Waals surface area contributed by atoms with Gasteiger partial charge >= 0.3 is 0 Å². The van der Waals surface area contributed by atoms with Crippen molar-refractivity contribution in [2.45, 2.75) is 38.5 Å². The van der Waals surface area contributed by atoms with Crippen molar-refractivity contribution in [3.63, 3.8) is 0 Å². The molecule has 1 atom stereocenters. The molecule has 116 valence electrons.